The van der Waals surface area contributed by atoms with Gasteiger partial charge in [0.05, 0.1) is 17.4 Å². The molecule has 2 heterocycles. The van der Waals surface area contributed by atoms with Crippen molar-refractivity contribution in [3.63, 3.8) is 0 Å². The fourth-order valence-corrected chi connectivity index (χ4v) is 4.56. The fourth-order valence-electron chi connectivity index (χ4n) is 2.16. The van der Waals surface area contributed by atoms with Gasteiger partial charge in [-0.1, -0.05) is 0 Å². The first kappa shape index (κ1) is 11.7. The SMILES string of the molecule is Cl.O=C(O)C1CS(=O)(=O)CC12CNC2. The van der Waals surface area contributed by atoms with Gasteiger partial charge in [0, 0.05) is 18.5 Å². The van der Waals surface area contributed by atoms with Gasteiger partial charge >= 0.3 is 5.97 Å². The van der Waals surface area contributed by atoms with E-state index < -0.39 is 27.1 Å². The van der Waals surface area contributed by atoms with E-state index in [-0.39, 0.29) is 23.9 Å². The van der Waals surface area contributed by atoms with E-state index in [1.165, 1.54) is 0 Å². The van der Waals surface area contributed by atoms with E-state index in [2.05, 4.69) is 5.32 Å². The van der Waals surface area contributed by atoms with E-state index in [1.54, 1.807) is 0 Å². The van der Waals surface area contributed by atoms with E-state index >= 15 is 0 Å². The Hall–Kier alpha value is -0.330. The molecule has 2 N–H and O–H groups in total. The molecule has 2 rings (SSSR count). The van der Waals surface area contributed by atoms with E-state index in [4.69, 9.17) is 5.11 Å². The lowest BCUT2D eigenvalue weighted by Gasteiger charge is -2.41. The maximum atomic E-state index is 11.3. The van der Waals surface area contributed by atoms with Crippen LogP contribution in [0.4, 0.5) is 0 Å². The summed E-state index contributed by atoms with van der Waals surface area (Å²) in [7, 11) is -3.13. The quantitative estimate of drug-likeness (QED) is 0.623. The molecule has 14 heavy (non-hydrogen) atoms. The molecular weight excluding hydrogens is 230 g/mol. The van der Waals surface area contributed by atoms with Crippen molar-refractivity contribution in [1.29, 1.82) is 0 Å². The highest BCUT2D eigenvalue weighted by Crippen LogP contribution is 2.40. The zero-order chi connectivity index (χ0) is 9.69. The van der Waals surface area contributed by atoms with Crippen molar-refractivity contribution in [2.75, 3.05) is 24.6 Å². The highest BCUT2D eigenvalue weighted by molar-refractivity contribution is 7.91. The van der Waals surface area contributed by atoms with Crippen LogP contribution in [0.2, 0.25) is 0 Å². The summed E-state index contributed by atoms with van der Waals surface area (Å²) in [4.78, 5) is 10.8. The molecule has 0 amide bonds. The molecule has 2 aliphatic rings. The molecule has 5 nitrogen and oxygen atoms in total. The third kappa shape index (κ3) is 1.62. The normalized spacial score (nSPS) is 31.9. The number of halogens is 1. The lowest BCUT2D eigenvalue weighted by Crippen LogP contribution is -2.59. The number of carboxylic acid groups (broad SMARTS) is 1. The van der Waals surface area contributed by atoms with Crippen LogP contribution in [0.15, 0.2) is 0 Å². The van der Waals surface area contributed by atoms with Crippen molar-refractivity contribution in [2.45, 2.75) is 0 Å². The molecule has 0 radical (unpaired) electrons. The van der Waals surface area contributed by atoms with Crippen molar-refractivity contribution in [3.05, 3.63) is 0 Å². The molecule has 0 bridgehead atoms. The number of carboxylic acids is 1. The molecular formula is C7H12ClNO4S. The van der Waals surface area contributed by atoms with Gasteiger partial charge in [0.1, 0.15) is 0 Å². The maximum Gasteiger partial charge on any atom is 0.308 e. The third-order valence-corrected chi connectivity index (χ3v) is 4.78. The number of rotatable bonds is 1. The Morgan fingerprint density at radius 3 is 2.29 bits per heavy atom. The van der Waals surface area contributed by atoms with E-state index in [9.17, 15) is 13.2 Å². The summed E-state index contributed by atoms with van der Waals surface area (Å²) < 4.78 is 22.5. The predicted molar refractivity (Wildman–Crippen MR) is 52.3 cm³/mol. The third-order valence-electron chi connectivity index (χ3n) is 2.92. The second-order valence-electron chi connectivity index (χ2n) is 3.91. The highest BCUT2D eigenvalue weighted by atomic mass is 35.5. The lowest BCUT2D eigenvalue weighted by molar-refractivity contribution is -0.145. The minimum Gasteiger partial charge on any atom is -0.481 e. The van der Waals surface area contributed by atoms with Crippen LogP contribution in [0.5, 0.6) is 0 Å². The monoisotopic (exact) mass is 241 g/mol. The number of hydrogen-bond acceptors (Lipinski definition) is 4. The van der Waals surface area contributed by atoms with Crippen LogP contribution in [0, 0.1) is 11.3 Å². The Labute approximate surface area is 88.2 Å². The summed E-state index contributed by atoms with van der Waals surface area (Å²) in [5.41, 5.74) is -0.509. The summed E-state index contributed by atoms with van der Waals surface area (Å²) >= 11 is 0. The first-order valence-electron chi connectivity index (χ1n) is 4.09. The Balaban J connectivity index is 0.000000980. The molecule has 7 heteroatoms. The number of nitrogens with one attached hydrogen (secondary N) is 1. The average molecular weight is 242 g/mol. The van der Waals surface area contributed by atoms with E-state index in [0.717, 1.165) is 0 Å². The van der Waals surface area contributed by atoms with Gasteiger partial charge in [-0.25, -0.2) is 8.42 Å². The van der Waals surface area contributed by atoms with Gasteiger partial charge in [0.15, 0.2) is 9.84 Å². The number of aliphatic carboxylic acids is 1. The first-order chi connectivity index (χ1) is 5.95. The first-order valence-corrected chi connectivity index (χ1v) is 5.91. The summed E-state index contributed by atoms with van der Waals surface area (Å²) in [6.45, 7) is 1.03. The van der Waals surface area contributed by atoms with Gasteiger partial charge in [0.25, 0.3) is 0 Å². The van der Waals surface area contributed by atoms with Crippen LogP contribution in [-0.4, -0.2) is 44.1 Å². The van der Waals surface area contributed by atoms with E-state index in [0.29, 0.717) is 13.1 Å². The zero-order valence-corrected chi connectivity index (χ0v) is 9.03. The predicted octanol–water partition coefficient (Wildman–Crippen LogP) is -0.873. The minimum atomic E-state index is -3.13. The molecule has 2 saturated heterocycles. The molecule has 0 aromatic rings. The van der Waals surface area contributed by atoms with Crippen LogP contribution >= 0.6 is 12.4 Å². The smallest absolute Gasteiger partial charge is 0.308 e. The molecule has 1 spiro atoms. The molecule has 0 aromatic carbocycles. The molecule has 1 atom stereocenters. The second-order valence-corrected chi connectivity index (χ2v) is 6.02. The molecule has 1 unspecified atom stereocenters. The Morgan fingerprint density at radius 1 is 1.43 bits per heavy atom. The van der Waals surface area contributed by atoms with Gasteiger partial charge in [0.2, 0.25) is 0 Å². The van der Waals surface area contributed by atoms with Crippen molar-refractivity contribution in [1.82, 2.24) is 5.32 Å². The fraction of sp³-hybridized carbons (Fsp3) is 0.857. The van der Waals surface area contributed by atoms with Gasteiger partial charge < -0.3 is 10.4 Å². The van der Waals surface area contributed by atoms with Gasteiger partial charge in [-0.2, -0.15) is 0 Å². The summed E-state index contributed by atoms with van der Waals surface area (Å²) in [5.74, 6) is -1.85. The highest BCUT2D eigenvalue weighted by Gasteiger charge is 2.56. The van der Waals surface area contributed by atoms with E-state index in [1.807, 2.05) is 0 Å². The Kier molecular flexibility index (Phi) is 2.82. The van der Waals surface area contributed by atoms with Gasteiger partial charge in [-0.15, -0.1) is 12.4 Å². The lowest BCUT2D eigenvalue weighted by atomic mass is 9.73. The van der Waals surface area contributed by atoms with Crippen LogP contribution in [0.1, 0.15) is 0 Å². The largest absolute Gasteiger partial charge is 0.481 e. The second kappa shape index (κ2) is 3.36. The zero-order valence-electron chi connectivity index (χ0n) is 7.39. The van der Waals surface area contributed by atoms with Crippen LogP contribution < -0.4 is 5.32 Å². The molecule has 0 aromatic heterocycles. The Bertz CT molecular complexity index is 349. The van der Waals surface area contributed by atoms with Crippen molar-refractivity contribution in [2.24, 2.45) is 11.3 Å². The molecule has 2 fully saturated rings. The average Bonchev–Trinajstić information content (AvgIpc) is 2.20. The number of hydrogen-bond donors (Lipinski definition) is 2. The molecule has 0 saturated carbocycles. The maximum absolute atomic E-state index is 11.3. The molecule has 0 aliphatic carbocycles. The van der Waals surface area contributed by atoms with Crippen LogP contribution in [-0.2, 0) is 14.6 Å². The van der Waals surface area contributed by atoms with Crippen molar-refractivity contribution in [3.8, 4) is 0 Å². The summed E-state index contributed by atoms with van der Waals surface area (Å²) in [6.07, 6.45) is 0. The van der Waals surface area contributed by atoms with Crippen molar-refractivity contribution < 1.29 is 18.3 Å². The summed E-state index contributed by atoms with van der Waals surface area (Å²) in [6, 6.07) is 0. The molecule has 2 aliphatic heterocycles. The molecule has 82 valence electrons. The van der Waals surface area contributed by atoms with Crippen molar-refractivity contribution >= 4 is 28.2 Å². The summed E-state index contributed by atoms with van der Waals surface area (Å²) in [5, 5.41) is 11.8. The standard InChI is InChI=1S/C7H11NO4S.ClH/c9-6(10)5-1-13(11,12)4-7(5)2-8-3-7;/h5,8H,1-4H2,(H,9,10);1H. The topological polar surface area (TPSA) is 83.5 Å². The van der Waals surface area contributed by atoms with Gasteiger partial charge in [-0.05, 0) is 0 Å². The minimum absolute atomic E-state index is 0. The van der Waals surface area contributed by atoms with Gasteiger partial charge in [-0.3, -0.25) is 4.79 Å². The van der Waals surface area contributed by atoms with Crippen LogP contribution in [0.25, 0.3) is 0 Å². The number of carbonyl (C=O) groups is 1. The number of sulfone groups is 1. The Morgan fingerprint density at radius 2 is 2.00 bits per heavy atom. The van der Waals surface area contributed by atoms with Crippen LogP contribution in [0.3, 0.4) is 0 Å².